The lowest BCUT2D eigenvalue weighted by Crippen LogP contribution is -1.81. The normalized spacial score (nSPS) is 43.4. The van der Waals surface area contributed by atoms with Gasteiger partial charge in [-0.3, -0.25) is 0 Å². The molecule has 2 bridgehead atoms. The maximum Gasteiger partial charge on any atom is 0.00583 e. The van der Waals surface area contributed by atoms with E-state index in [4.69, 9.17) is 0 Å². The van der Waals surface area contributed by atoms with E-state index in [2.05, 4.69) is 30.7 Å². The highest BCUT2D eigenvalue weighted by Gasteiger charge is 2.20. The lowest BCUT2D eigenvalue weighted by atomic mass is 10.2. The monoisotopic (exact) mass is 90.0 g/mol. The molecule has 34 valence electrons. The number of hydrogen-bond donors (Lipinski definition) is 0. The van der Waals surface area contributed by atoms with Gasteiger partial charge < -0.3 is 0 Å². The van der Waals surface area contributed by atoms with E-state index in [1.165, 1.54) is 0 Å². The first-order valence-corrected chi connectivity index (χ1v) is 2.58. The number of hydrogen-bond acceptors (Lipinski definition) is 0. The fourth-order valence-corrected chi connectivity index (χ4v) is 1.06. The van der Waals surface area contributed by atoms with Crippen molar-refractivity contribution >= 4 is 0 Å². The Hall–Kier alpha value is -0.520. The Kier molecular flexibility index (Phi) is 0.498. The second kappa shape index (κ2) is 1.00. The Labute approximate surface area is 43.5 Å². The van der Waals surface area contributed by atoms with Gasteiger partial charge in [0.05, 0.1) is 0 Å². The van der Waals surface area contributed by atoms with Crippen LogP contribution >= 0.6 is 0 Å². The van der Waals surface area contributed by atoms with Gasteiger partial charge in [0, 0.05) is 5.92 Å². The van der Waals surface area contributed by atoms with Gasteiger partial charge in [-0.1, -0.05) is 18.2 Å². The van der Waals surface area contributed by atoms with Crippen molar-refractivity contribution in [3.8, 4) is 0 Å². The van der Waals surface area contributed by atoms with Crippen LogP contribution in [0.3, 0.4) is 0 Å². The third-order valence-corrected chi connectivity index (χ3v) is 1.45. The van der Waals surface area contributed by atoms with Crippen molar-refractivity contribution in [3.63, 3.8) is 0 Å². The van der Waals surface area contributed by atoms with Crippen LogP contribution in [-0.2, 0) is 0 Å². The zero-order valence-electron chi connectivity index (χ0n) is 3.96. The van der Waals surface area contributed by atoms with Crippen molar-refractivity contribution in [3.05, 3.63) is 30.7 Å². The lowest BCUT2D eigenvalue weighted by molar-refractivity contribution is 0.940. The van der Waals surface area contributed by atoms with E-state index < -0.39 is 0 Å². The van der Waals surface area contributed by atoms with Crippen LogP contribution in [0.25, 0.3) is 0 Å². The summed E-state index contributed by atoms with van der Waals surface area (Å²) >= 11 is 0. The van der Waals surface area contributed by atoms with Gasteiger partial charge in [-0.2, -0.15) is 0 Å². The van der Waals surface area contributed by atoms with Gasteiger partial charge >= 0.3 is 0 Å². The van der Waals surface area contributed by atoms with E-state index in [-0.39, 0.29) is 0 Å². The fraction of sp³-hybridized carbons (Fsp3) is 0.286. The highest BCUT2D eigenvalue weighted by Crippen LogP contribution is 2.29. The molecule has 0 saturated heterocycles. The second-order valence-electron chi connectivity index (χ2n) is 2.01. The molecule has 0 heterocycles. The van der Waals surface area contributed by atoms with E-state index in [0.717, 1.165) is 0 Å². The summed E-state index contributed by atoms with van der Waals surface area (Å²) in [5.74, 6) is 1.19. The summed E-state index contributed by atoms with van der Waals surface area (Å²) in [5.41, 5.74) is 0. The number of allylic oxidation sites excluding steroid dienone is 4. The molecule has 0 heteroatoms. The molecule has 0 nitrogen and oxygen atoms in total. The fourth-order valence-electron chi connectivity index (χ4n) is 1.06. The predicted octanol–water partition coefficient (Wildman–Crippen LogP) is 1.37. The molecule has 0 aromatic carbocycles. The molecule has 2 aliphatic rings. The van der Waals surface area contributed by atoms with Crippen molar-refractivity contribution in [2.24, 2.45) is 11.8 Å². The molecule has 2 atom stereocenters. The Morgan fingerprint density at radius 1 is 1.29 bits per heavy atom. The molecule has 0 saturated carbocycles. The molecule has 0 fully saturated rings. The van der Waals surface area contributed by atoms with Gasteiger partial charge in [-0.15, -0.1) is 0 Å². The quantitative estimate of drug-likeness (QED) is 0.394. The first kappa shape index (κ1) is 3.48. The smallest absolute Gasteiger partial charge is 0.00583 e. The molecule has 0 aliphatic heterocycles. The molecule has 7 heavy (non-hydrogen) atoms. The summed E-state index contributed by atoms with van der Waals surface area (Å²) in [6.45, 7) is 0. The molecule has 2 unspecified atom stereocenters. The molecule has 2 rings (SSSR count). The molecular formula is C7H6. The minimum absolute atomic E-state index is 0.560. The maximum atomic E-state index is 3.19. The van der Waals surface area contributed by atoms with E-state index in [1.54, 1.807) is 0 Å². The van der Waals surface area contributed by atoms with Crippen LogP contribution in [0.15, 0.2) is 18.2 Å². The summed E-state index contributed by atoms with van der Waals surface area (Å²) < 4.78 is 0. The molecule has 0 aromatic heterocycles. The van der Waals surface area contributed by atoms with Crippen LogP contribution in [-0.4, -0.2) is 0 Å². The standard InChI is InChI=1S/C7H6/c1-2-7-4-3-6(1)5-7/h1-3,5-7H. The molecule has 2 aliphatic carbocycles. The van der Waals surface area contributed by atoms with Crippen molar-refractivity contribution in [1.29, 1.82) is 0 Å². The van der Waals surface area contributed by atoms with E-state index in [9.17, 15) is 0 Å². The Morgan fingerprint density at radius 3 is 2.43 bits per heavy atom. The summed E-state index contributed by atoms with van der Waals surface area (Å²) in [5, 5.41) is 0. The van der Waals surface area contributed by atoms with Crippen LogP contribution in [0.5, 0.6) is 0 Å². The third kappa shape index (κ3) is 0.365. The molecular weight excluding hydrogens is 84.1 g/mol. The van der Waals surface area contributed by atoms with E-state index in [0.29, 0.717) is 11.8 Å². The Morgan fingerprint density at radius 2 is 2.29 bits per heavy atom. The number of rotatable bonds is 0. The molecule has 0 amide bonds. The summed E-state index contributed by atoms with van der Waals surface area (Å²) in [4.78, 5) is 0. The summed E-state index contributed by atoms with van der Waals surface area (Å²) in [7, 11) is 0. The number of fused-ring (bicyclic) bond motifs is 2. The molecule has 0 aromatic rings. The van der Waals surface area contributed by atoms with Gasteiger partial charge in [0.25, 0.3) is 0 Å². The first-order valence-electron chi connectivity index (χ1n) is 2.58. The third-order valence-electron chi connectivity index (χ3n) is 1.45. The van der Waals surface area contributed by atoms with Crippen molar-refractivity contribution in [2.45, 2.75) is 0 Å². The van der Waals surface area contributed by atoms with Crippen molar-refractivity contribution in [1.82, 2.24) is 0 Å². The van der Waals surface area contributed by atoms with Crippen molar-refractivity contribution in [2.75, 3.05) is 0 Å². The second-order valence-corrected chi connectivity index (χ2v) is 2.01. The average Bonchev–Trinajstić information content (AvgIpc) is 2.22. The zero-order chi connectivity index (χ0) is 4.69. The largest absolute Gasteiger partial charge is 0.0807 e. The van der Waals surface area contributed by atoms with Gasteiger partial charge in [0.15, 0.2) is 0 Å². The molecule has 0 N–H and O–H groups in total. The molecule has 2 radical (unpaired) electrons. The van der Waals surface area contributed by atoms with Crippen molar-refractivity contribution < 1.29 is 0 Å². The van der Waals surface area contributed by atoms with Crippen LogP contribution in [0.1, 0.15) is 0 Å². The van der Waals surface area contributed by atoms with Crippen LogP contribution in [0, 0.1) is 24.3 Å². The van der Waals surface area contributed by atoms with Gasteiger partial charge in [0.1, 0.15) is 0 Å². The van der Waals surface area contributed by atoms with Crippen LogP contribution in [0.4, 0.5) is 0 Å². The van der Waals surface area contributed by atoms with Crippen LogP contribution in [0.2, 0.25) is 0 Å². The van der Waals surface area contributed by atoms with Gasteiger partial charge in [-0.25, -0.2) is 0 Å². The highest BCUT2D eigenvalue weighted by molar-refractivity contribution is 5.26. The minimum Gasteiger partial charge on any atom is -0.0807 e. The van der Waals surface area contributed by atoms with Gasteiger partial charge in [0.2, 0.25) is 0 Å². The summed E-state index contributed by atoms with van der Waals surface area (Å²) in [6, 6.07) is 0. The maximum absolute atomic E-state index is 3.19. The van der Waals surface area contributed by atoms with E-state index >= 15 is 0 Å². The predicted molar refractivity (Wildman–Crippen MR) is 28.2 cm³/mol. The minimum atomic E-state index is 0.560. The zero-order valence-corrected chi connectivity index (χ0v) is 3.96. The van der Waals surface area contributed by atoms with E-state index in [1.807, 2.05) is 0 Å². The first-order chi connectivity index (χ1) is 3.45. The SMILES string of the molecule is [C]1=CC2[CH]C1C=C2. The molecule has 0 spiro atoms. The summed E-state index contributed by atoms with van der Waals surface area (Å²) in [6.07, 6.45) is 12.0. The Bertz CT molecular complexity index is 103. The Balaban J connectivity index is 2.38. The average molecular weight is 90.1 g/mol. The lowest BCUT2D eigenvalue weighted by Gasteiger charge is -1.87. The topological polar surface area (TPSA) is 0 Å². The highest BCUT2D eigenvalue weighted by atomic mass is 14.2. The van der Waals surface area contributed by atoms with Gasteiger partial charge in [-0.05, 0) is 18.4 Å². The van der Waals surface area contributed by atoms with Crippen LogP contribution < -0.4 is 0 Å².